The van der Waals surface area contributed by atoms with E-state index in [4.69, 9.17) is 9.84 Å². The van der Waals surface area contributed by atoms with Crippen LogP contribution in [-0.2, 0) is 16.1 Å². The summed E-state index contributed by atoms with van der Waals surface area (Å²) in [4.78, 5) is 11.9. The van der Waals surface area contributed by atoms with Gasteiger partial charge in [-0.15, -0.1) is 11.3 Å². The lowest BCUT2D eigenvalue weighted by Gasteiger charge is -2.12. The molecule has 0 bridgehead atoms. The van der Waals surface area contributed by atoms with Gasteiger partial charge in [-0.1, -0.05) is 0 Å². The fraction of sp³-hybridized carbons (Fsp3) is 0.444. The Morgan fingerprint density at radius 3 is 3.00 bits per heavy atom. The lowest BCUT2D eigenvalue weighted by molar-refractivity contribution is -0.140. The number of nitrogens with one attached hydrogen (secondary N) is 1. The van der Waals surface area contributed by atoms with Gasteiger partial charge in [0.15, 0.2) is 0 Å². The Kier molecular flexibility index (Phi) is 5.24. The topological polar surface area (TPSA) is 58.6 Å². The predicted octanol–water partition coefficient (Wildman–Crippen LogP) is 1.70. The fourth-order valence-corrected chi connectivity index (χ4v) is 2.46. The molecule has 0 amide bonds. The summed E-state index contributed by atoms with van der Waals surface area (Å²) in [6.45, 7) is 0.707. The van der Waals surface area contributed by atoms with Crippen LogP contribution >= 0.6 is 27.3 Å². The van der Waals surface area contributed by atoms with E-state index >= 15 is 0 Å². The van der Waals surface area contributed by atoms with Crippen LogP contribution < -0.4 is 5.32 Å². The van der Waals surface area contributed by atoms with Gasteiger partial charge in [-0.05, 0) is 22.0 Å². The van der Waals surface area contributed by atoms with Gasteiger partial charge >= 0.3 is 5.97 Å². The maximum absolute atomic E-state index is 10.8. The van der Waals surface area contributed by atoms with Crippen molar-refractivity contribution in [1.29, 1.82) is 0 Å². The van der Waals surface area contributed by atoms with Crippen LogP contribution in [0.25, 0.3) is 0 Å². The summed E-state index contributed by atoms with van der Waals surface area (Å²) in [6, 6.07) is 1.31. The van der Waals surface area contributed by atoms with Crippen LogP contribution in [0, 0.1) is 0 Å². The van der Waals surface area contributed by atoms with Gasteiger partial charge in [-0.2, -0.15) is 0 Å². The smallest absolute Gasteiger partial charge is 0.323 e. The van der Waals surface area contributed by atoms with E-state index in [9.17, 15) is 4.79 Å². The number of methoxy groups -OCH3 is 1. The van der Waals surface area contributed by atoms with Crippen molar-refractivity contribution in [3.63, 3.8) is 0 Å². The minimum Gasteiger partial charge on any atom is -0.480 e. The minimum absolute atomic E-state index is 0.169. The molecule has 84 valence electrons. The van der Waals surface area contributed by atoms with Gasteiger partial charge < -0.3 is 9.84 Å². The van der Waals surface area contributed by atoms with Crippen molar-refractivity contribution < 1.29 is 14.6 Å². The lowest BCUT2D eigenvalue weighted by Crippen LogP contribution is -2.39. The Labute approximate surface area is 100 Å². The molecule has 1 atom stereocenters. The van der Waals surface area contributed by atoms with Gasteiger partial charge in [-0.3, -0.25) is 10.1 Å². The van der Waals surface area contributed by atoms with Gasteiger partial charge in [0.25, 0.3) is 0 Å². The van der Waals surface area contributed by atoms with Crippen LogP contribution in [-0.4, -0.2) is 30.8 Å². The molecular formula is C9H12BrNO3S. The molecule has 0 radical (unpaired) electrons. The second-order valence-corrected chi connectivity index (χ2v) is 4.87. The first kappa shape index (κ1) is 12.6. The molecule has 1 heterocycles. The van der Waals surface area contributed by atoms with Crippen molar-refractivity contribution in [3.8, 4) is 0 Å². The number of rotatable bonds is 6. The van der Waals surface area contributed by atoms with Gasteiger partial charge in [-0.25, -0.2) is 0 Å². The largest absolute Gasteiger partial charge is 0.480 e. The molecule has 1 aromatic rings. The number of carbonyl (C=O) groups is 1. The van der Waals surface area contributed by atoms with Gasteiger partial charge in [0.1, 0.15) is 6.04 Å². The average Bonchev–Trinajstić information content (AvgIpc) is 2.58. The summed E-state index contributed by atoms with van der Waals surface area (Å²) in [5, 5.41) is 13.7. The van der Waals surface area contributed by atoms with Crippen molar-refractivity contribution in [2.75, 3.05) is 13.7 Å². The third-order valence-electron chi connectivity index (χ3n) is 1.78. The van der Waals surface area contributed by atoms with E-state index in [1.807, 2.05) is 11.4 Å². The Balaban J connectivity index is 2.43. The lowest BCUT2D eigenvalue weighted by atomic mass is 10.3. The Hall–Kier alpha value is -0.430. The number of thiophene rings is 1. The predicted molar refractivity (Wildman–Crippen MR) is 62.2 cm³/mol. The normalized spacial score (nSPS) is 12.7. The van der Waals surface area contributed by atoms with E-state index in [-0.39, 0.29) is 6.61 Å². The first-order valence-corrected chi connectivity index (χ1v) is 5.98. The molecule has 0 spiro atoms. The zero-order chi connectivity index (χ0) is 11.3. The molecule has 0 aliphatic rings. The molecule has 0 saturated carbocycles. The first-order chi connectivity index (χ1) is 7.13. The molecule has 2 N–H and O–H groups in total. The number of hydrogen-bond acceptors (Lipinski definition) is 4. The van der Waals surface area contributed by atoms with Crippen LogP contribution in [0.4, 0.5) is 0 Å². The maximum Gasteiger partial charge on any atom is 0.323 e. The average molecular weight is 294 g/mol. The van der Waals surface area contributed by atoms with Crippen molar-refractivity contribution in [2.45, 2.75) is 12.6 Å². The number of hydrogen-bond donors (Lipinski definition) is 2. The highest BCUT2D eigenvalue weighted by molar-refractivity contribution is 9.10. The van der Waals surface area contributed by atoms with Crippen molar-refractivity contribution in [1.82, 2.24) is 5.32 Å². The van der Waals surface area contributed by atoms with Gasteiger partial charge in [0.05, 0.1) is 6.61 Å². The zero-order valence-corrected chi connectivity index (χ0v) is 10.6. The quantitative estimate of drug-likeness (QED) is 0.838. The summed E-state index contributed by atoms with van der Waals surface area (Å²) in [7, 11) is 1.49. The summed E-state index contributed by atoms with van der Waals surface area (Å²) in [5.41, 5.74) is 0. The van der Waals surface area contributed by atoms with Crippen molar-refractivity contribution in [2.24, 2.45) is 0 Å². The van der Waals surface area contributed by atoms with Gasteiger partial charge in [0, 0.05) is 28.4 Å². The van der Waals surface area contributed by atoms with E-state index in [2.05, 4.69) is 21.2 Å². The van der Waals surface area contributed by atoms with E-state index < -0.39 is 12.0 Å². The molecular weight excluding hydrogens is 282 g/mol. The van der Waals surface area contributed by atoms with E-state index in [1.165, 1.54) is 7.11 Å². The van der Waals surface area contributed by atoms with Crippen LogP contribution in [0.2, 0.25) is 0 Å². The summed E-state index contributed by atoms with van der Waals surface area (Å²) in [6.07, 6.45) is 0. The number of carboxylic acids is 1. The standard InChI is InChI=1S/C9H12BrNO3S/c1-14-4-8(9(12)13)11-3-7-2-6(10)5-15-7/h2,5,8,11H,3-4H2,1H3,(H,12,13). The third kappa shape index (κ3) is 4.29. The molecule has 4 nitrogen and oxygen atoms in total. The SMILES string of the molecule is COCC(NCc1cc(Br)cs1)C(=O)O. The molecule has 0 fully saturated rings. The third-order valence-corrected chi connectivity index (χ3v) is 3.47. The number of ether oxygens (including phenoxy) is 1. The maximum atomic E-state index is 10.8. The van der Waals surface area contributed by atoms with Crippen molar-refractivity contribution >= 4 is 33.2 Å². The molecule has 0 saturated heterocycles. The number of halogens is 1. The number of aliphatic carboxylic acids is 1. The van der Waals surface area contributed by atoms with Crippen LogP contribution in [0.5, 0.6) is 0 Å². The molecule has 1 aromatic heterocycles. The zero-order valence-electron chi connectivity index (χ0n) is 8.20. The summed E-state index contributed by atoms with van der Waals surface area (Å²) < 4.78 is 5.83. The Morgan fingerprint density at radius 1 is 1.80 bits per heavy atom. The second kappa shape index (κ2) is 6.22. The van der Waals surface area contributed by atoms with E-state index in [0.717, 1.165) is 9.35 Å². The molecule has 0 aromatic carbocycles. The van der Waals surface area contributed by atoms with Crippen molar-refractivity contribution in [3.05, 3.63) is 20.8 Å². The first-order valence-electron chi connectivity index (χ1n) is 4.31. The second-order valence-electron chi connectivity index (χ2n) is 2.96. The summed E-state index contributed by atoms with van der Waals surface area (Å²) in [5.74, 6) is -0.896. The molecule has 1 unspecified atom stereocenters. The fourth-order valence-electron chi connectivity index (χ4n) is 1.05. The Bertz CT molecular complexity index is 329. The molecule has 0 aliphatic carbocycles. The minimum atomic E-state index is -0.896. The highest BCUT2D eigenvalue weighted by Crippen LogP contribution is 2.19. The molecule has 1 rings (SSSR count). The van der Waals surface area contributed by atoms with Crippen LogP contribution in [0.1, 0.15) is 4.88 Å². The molecule has 6 heteroatoms. The van der Waals surface area contributed by atoms with Gasteiger partial charge in [0.2, 0.25) is 0 Å². The highest BCUT2D eigenvalue weighted by atomic mass is 79.9. The highest BCUT2D eigenvalue weighted by Gasteiger charge is 2.16. The number of carboxylic acid groups (broad SMARTS) is 1. The van der Waals surface area contributed by atoms with E-state index in [0.29, 0.717) is 6.54 Å². The summed E-state index contributed by atoms with van der Waals surface area (Å²) >= 11 is 4.92. The van der Waals surface area contributed by atoms with E-state index in [1.54, 1.807) is 11.3 Å². The molecule has 0 aliphatic heterocycles. The van der Waals surface area contributed by atoms with Crippen LogP contribution in [0.15, 0.2) is 15.9 Å². The molecule has 15 heavy (non-hydrogen) atoms. The Morgan fingerprint density at radius 2 is 2.53 bits per heavy atom. The monoisotopic (exact) mass is 293 g/mol. The van der Waals surface area contributed by atoms with Crippen LogP contribution in [0.3, 0.4) is 0 Å².